The van der Waals surface area contributed by atoms with E-state index >= 15 is 0 Å². The number of alkyl carbamates (subject to hydrolysis) is 1. The SMILES string of the molecule is CC(C)(C)OC(=O)NC1(c2ccc(-c3nnc(N)cc3-c3ccccc3)cc2)CC(F)(F)C1. The molecule has 172 valence electrons. The second-order valence-corrected chi connectivity index (χ2v) is 9.39. The summed E-state index contributed by atoms with van der Waals surface area (Å²) in [6, 6.07) is 18.4. The number of benzene rings is 2. The van der Waals surface area contributed by atoms with E-state index in [4.69, 9.17) is 10.5 Å². The zero-order chi connectivity index (χ0) is 23.9. The van der Waals surface area contributed by atoms with Crippen molar-refractivity contribution in [3.05, 3.63) is 66.2 Å². The number of amides is 1. The number of ether oxygens (including phenoxy) is 1. The molecule has 0 radical (unpaired) electrons. The topological polar surface area (TPSA) is 90.1 Å². The third-order valence-corrected chi connectivity index (χ3v) is 5.47. The van der Waals surface area contributed by atoms with Crippen LogP contribution in [0.25, 0.3) is 22.4 Å². The van der Waals surface area contributed by atoms with Gasteiger partial charge < -0.3 is 15.8 Å². The van der Waals surface area contributed by atoms with Crippen molar-refractivity contribution < 1.29 is 18.3 Å². The lowest BCUT2D eigenvalue weighted by Gasteiger charge is -2.48. The van der Waals surface area contributed by atoms with E-state index in [1.807, 2.05) is 30.3 Å². The number of anilines is 1. The minimum Gasteiger partial charge on any atom is -0.444 e. The van der Waals surface area contributed by atoms with Crippen LogP contribution in [0.3, 0.4) is 0 Å². The van der Waals surface area contributed by atoms with E-state index in [9.17, 15) is 13.6 Å². The number of halogens is 2. The number of aromatic nitrogens is 2. The standard InChI is InChI=1S/C25H26F2N4O2/c1-23(2,3)33-22(32)29-24(14-25(26,27)15-24)18-11-9-17(10-12-18)21-19(13-20(28)30-31-21)16-7-5-4-6-8-16/h4-13H,14-15H2,1-3H3,(H2,28,30)(H,29,32). The highest BCUT2D eigenvalue weighted by atomic mass is 19.3. The highest BCUT2D eigenvalue weighted by Gasteiger charge is 2.58. The Morgan fingerprint density at radius 2 is 1.64 bits per heavy atom. The van der Waals surface area contributed by atoms with Crippen LogP contribution in [0, 0.1) is 0 Å². The second-order valence-electron chi connectivity index (χ2n) is 9.39. The third-order valence-electron chi connectivity index (χ3n) is 5.47. The van der Waals surface area contributed by atoms with Crippen LogP contribution >= 0.6 is 0 Å². The minimum atomic E-state index is -2.85. The van der Waals surface area contributed by atoms with Gasteiger partial charge >= 0.3 is 6.09 Å². The summed E-state index contributed by atoms with van der Waals surface area (Å²) >= 11 is 0. The average molecular weight is 453 g/mol. The molecule has 0 bridgehead atoms. The number of hydrogen-bond acceptors (Lipinski definition) is 5. The molecule has 2 aromatic carbocycles. The number of rotatable bonds is 4. The quantitative estimate of drug-likeness (QED) is 0.542. The molecular weight excluding hydrogens is 426 g/mol. The van der Waals surface area contributed by atoms with Crippen LogP contribution in [0.5, 0.6) is 0 Å². The first-order chi connectivity index (χ1) is 15.5. The summed E-state index contributed by atoms with van der Waals surface area (Å²) in [6.07, 6.45) is -1.71. The fourth-order valence-electron chi connectivity index (χ4n) is 4.10. The zero-order valence-corrected chi connectivity index (χ0v) is 18.7. The van der Waals surface area contributed by atoms with Crippen LogP contribution in [0.2, 0.25) is 0 Å². The predicted molar refractivity (Wildman–Crippen MR) is 123 cm³/mol. The molecule has 4 rings (SSSR count). The number of nitrogens with zero attached hydrogens (tertiary/aromatic N) is 2. The van der Waals surface area contributed by atoms with Gasteiger partial charge in [0, 0.05) is 24.0 Å². The largest absolute Gasteiger partial charge is 0.444 e. The Labute approximate surface area is 191 Å². The van der Waals surface area contributed by atoms with Gasteiger partial charge in [0.25, 0.3) is 5.92 Å². The Balaban J connectivity index is 1.66. The normalized spacial score (nSPS) is 16.5. The van der Waals surface area contributed by atoms with Gasteiger partial charge in [-0.2, -0.15) is 0 Å². The second kappa shape index (κ2) is 8.10. The number of carbonyl (C=O) groups is 1. The van der Waals surface area contributed by atoms with Crippen molar-refractivity contribution in [3.63, 3.8) is 0 Å². The summed E-state index contributed by atoms with van der Waals surface area (Å²) < 4.78 is 33.1. The first-order valence-corrected chi connectivity index (χ1v) is 10.6. The fourth-order valence-corrected chi connectivity index (χ4v) is 4.10. The number of nitrogens with two attached hydrogens (primary N) is 1. The Morgan fingerprint density at radius 3 is 2.21 bits per heavy atom. The number of nitrogens with one attached hydrogen (secondary N) is 1. The molecule has 1 amide bonds. The Kier molecular flexibility index (Phi) is 5.56. The van der Waals surface area contributed by atoms with Crippen molar-refractivity contribution in [2.45, 2.75) is 50.7 Å². The molecule has 1 aliphatic rings. The Hall–Kier alpha value is -3.55. The molecule has 1 saturated carbocycles. The summed E-state index contributed by atoms with van der Waals surface area (Å²) in [4.78, 5) is 12.4. The first kappa shape index (κ1) is 22.6. The molecule has 1 fully saturated rings. The van der Waals surface area contributed by atoms with Gasteiger partial charge in [0.1, 0.15) is 17.1 Å². The molecule has 0 atom stereocenters. The number of nitrogen functional groups attached to an aromatic ring is 1. The van der Waals surface area contributed by atoms with Crippen LogP contribution in [0.4, 0.5) is 19.4 Å². The van der Waals surface area contributed by atoms with Gasteiger partial charge in [0.15, 0.2) is 0 Å². The van der Waals surface area contributed by atoms with Gasteiger partial charge in [0.05, 0.1) is 5.54 Å². The van der Waals surface area contributed by atoms with Gasteiger partial charge in [-0.25, -0.2) is 13.6 Å². The van der Waals surface area contributed by atoms with Crippen molar-refractivity contribution >= 4 is 11.9 Å². The smallest absolute Gasteiger partial charge is 0.408 e. The summed E-state index contributed by atoms with van der Waals surface area (Å²) in [6.45, 7) is 5.17. The van der Waals surface area contributed by atoms with Gasteiger partial charge in [0.2, 0.25) is 0 Å². The maximum Gasteiger partial charge on any atom is 0.408 e. The highest BCUT2D eigenvalue weighted by Crippen LogP contribution is 2.52. The summed E-state index contributed by atoms with van der Waals surface area (Å²) in [5, 5.41) is 10.9. The maximum absolute atomic E-state index is 13.9. The monoisotopic (exact) mass is 452 g/mol. The minimum absolute atomic E-state index is 0.298. The number of carbonyl (C=O) groups excluding carboxylic acids is 1. The van der Waals surface area contributed by atoms with Crippen LogP contribution in [-0.4, -0.2) is 27.8 Å². The number of hydrogen-bond donors (Lipinski definition) is 2. The lowest BCUT2D eigenvalue weighted by Crippen LogP contribution is -2.60. The van der Waals surface area contributed by atoms with Gasteiger partial charge in [-0.05, 0) is 38.0 Å². The fraction of sp³-hybridized carbons (Fsp3) is 0.320. The lowest BCUT2D eigenvalue weighted by molar-refractivity contribution is -0.136. The van der Waals surface area contributed by atoms with Crippen molar-refractivity contribution in [1.29, 1.82) is 0 Å². The molecule has 1 heterocycles. The molecule has 3 N–H and O–H groups in total. The van der Waals surface area contributed by atoms with Gasteiger partial charge in [-0.1, -0.05) is 54.6 Å². The van der Waals surface area contributed by atoms with E-state index in [-0.39, 0.29) is 0 Å². The molecule has 0 unspecified atom stereocenters. The molecule has 3 aromatic rings. The molecule has 0 spiro atoms. The summed E-state index contributed by atoms with van der Waals surface area (Å²) in [5.41, 5.74) is 7.63. The molecule has 6 nitrogen and oxygen atoms in total. The highest BCUT2D eigenvalue weighted by molar-refractivity contribution is 5.81. The molecule has 8 heteroatoms. The van der Waals surface area contributed by atoms with Crippen LogP contribution in [0.1, 0.15) is 39.2 Å². The average Bonchev–Trinajstić information content (AvgIpc) is 2.71. The number of alkyl halides is 2. The Morgan fingerprint density at radius 1 is 1.00 bits per heavy atom. The van der Waals surface area contributed by atoms with Gasteiger partial charge in [-0.15, -0.1) is 10.2 Å². The van der Waals surface area contributed by atoms with Crippen molar-refractivity contribution in [1.82, 2.24) is 15.5 Å². The van der Waals surface area contributed by atoms with E-state index < -0.39 is 36.0 Å². The van der Waals surface area contributed by atoms with Crippen molar-refractivity contribution in [2.24, 2.45) is 0 Å². The lowest BCUT2D eigenvalue weighted by atomic mass is 9.69. The van der Waals surface area contributed by atoms with Gasteiger partial charge in [-0.3, -0.25) is 0 Å². The first-order valence-electron chi connectivity index (χ1n) is 10.6. The van der Waals surface area contributed by atoms with E-state index in [0.29, 0.717) is 17.1 Å². The molecular formula is C25H26F2N4O2. The zero-order valence-electron chi connectivity index (χ0n) is 18.7. The molecule has 33 heavy (non-hydrogen) atoms. The van der Waals surface area contributed by atoms with E-state index in [1.165, 1.54) is 0 Å². The van der Waals surface area contributed by atoms with Crippen LogP contribution < -0.4 is 11.1 Å². The van der Waals surface area contributed by atoms with Crippen molar-refractivity contribution in [3.8, 4) is 22.4 Å². The van der Waals surface area contributed by atoms with Crippen LogP contribution in [-0.2, 0) is 10.3 Å². The van der Waals surface area contributed by atoms with E-state index in [0.717, 1.165) is 16.7 Å². The molecule has 0 aliphatic heterocycles. The maximum atomic E-state index is 13.9. The van der Waals surface area contributed by atoms with Crippen molar-refractivity contribution in [2.75, 3.05) is 5.73 Å². The summed E-state index contributed by atoms with van der Waals surface area (Å²) in [7, 11) is 0. The van der Waals surface area contributed by atoms with Crippen LogP contribution in [0.15, 0.2) is 60.7 Å². The third kappa shape index (κ3) is 4.94. The molecule has 1 aliphatic carbocycles. The van der Waals surface area contributed by atoms with E-state index in [1.54, 1.807) is 51.1 Å². The molecule has 0 saturated heterocycles. The van der Waals surface area contributed by atoms with E-state index in [2.05, 4.69) is 15.5 Å². The summed E-state index contributed by atoms with van der Waals surface area (Å²) in [5.74, 6) is -2.55. The predicted octanol–water partition coefficient (Wildman–Crippen LogP) is 5.54. The molecule has 1 aromatic heterocycles. The Bertz CT molecular complexity index is 1150.